The van der Waals surface area contributed by atoms with Gasteiger partial charge in [0.1, 0.15) is 11.6 Å². The second-order valence-corrected chi connectivity index (χ2v) is 9.07. The summed E-state index contributed by atoms with van der Waals surface area (Å²) in [6, 6.07) is 16.8. The first kappa shape index (κ1) is 19.0. The van der Waals surface area contributed by atoms with Gasteiger partial charge in [0, 0.05) is 11.1 Å². The lowest BCUT2D eigenvalue weighted by Crippen LogP contribution is -2.40. The number of hydrogen-bond donors (Lipinski definition) is 2. The number of aliphatic hydroxyl groups excluding tert-OH is 1. The first-order valence-electron chi connectivity index (χ1n) is 8.46. The van der Waals surface area contributed by atoms with Crippen LogP contribution in [0.3, 0.4) is 0 Å². The van der Waals surface area contributed by atoms with Crippen LogP contribution in [0, 0.1) is 5.82 Å². The van der Waals surface area contributed by atoms with Gasteiger partial charge in [0.05, 0.1) is 17.3 Å². The Morgan fingerprint density at radius 3 is 2.54 bits per heavy atom. The quantitative estimate of drug-likeness (QED) is 0.615. The molecule has 0 bridgehead atoms. The number of para-hydroxylation sites is 1. The number of phenolic OH excluding ortho intramolecular Hbond substituents is 1. The largest absolute Gasteiger partial charge is 0.627 e. The lowest BCUT2D eigenvalue weighted by atomic mass is 10.2. The molecular weight excluding hydrogens is 404 g/mol. The van der Waals surface area contributed by atoms with E-state index in [9.17, 15) is 19.5 Å². The minimum Gasteiger partial charge on any atom is -0.627 e. The number of phenols is 1. The number of benzene rings is 3. The van der Waals surface area contributed by atoms with E-state index in [4.69, 9.17) is 16.1 Å². The fourth-order valence-electron chi connectivity index (χ4n) is 3.09. The van der Waals surface area contributed by atoms with Gasteiger partial charge in [-0.25, -0.2) is 9.06 Å². The van der Waals surface area contributed by atoms with Crippen molar-refractivity contribution in [2.24, 2.45) is 0 Å². The third kappa shape index (κ3) is 3.29. The van der Waals surface area contributed by atoms with Crippen LogP contribution < -0.4 is 14.1 Å². The first-order chi connectivity index (χ1) is 13.4. The van der Waals surface area contributed by atoms with Crippen LogP contribution in [0.15, 0.2) is 66.7 Å². The van der Waals surface area contributed by atoms with Gasteiger partial charge in [-0.2, -0.15) is 0 Å². The molecule has 0 saturated heterocycles. The second kappa shape index (κ2) is 7.22. The number of anilines is 1. The Labute approximate surface area is 166 Å². The van der Waals surface area contributed by atoms with Crippen LogP contribution in [-0.2, 0) is 6.54 Å². The molecule has 0 amide bonds. The molecule has 5 nitrogen and oxygen atoms in total. The standard InChI is InChI=1S/C20H16ClFNO4P/c21-17-11-15(7-10-18(17)22)23-12-14-3-1-2-4-19(14)27-28(23,26)20(25)13-5-8-16(24)9-6-13/h1-11,20,24-25H,12H2. The second-order valence-electron chi connectivity index (χ2n) is 6.38. The van der Waals surface area contributed by atoms with Crippen molar-refractivity contribution < 1.29 is 24.0 Å². The van der Waals surface area contributed by atoms with Crippen molar-refractivity contribution in [3.63, 3.8) is 0 Å². The Hall–Kier alpha value is -2.37. The highest BCUT2D eigenvalue weighted by Crippen LogP contribution is 2.68. The summed E-state index contributed by atoms with van der Waals surface area (Å²) in [7, 11) is -3.91. The van der Waals surface area contributed by atoms with Gasteiger partial charge in [0.2, 0.25) is 5.85 Å². The Morgan fingerprint density at radius 1 is 1.11 bits per heavy atom. The van der Waals surface area contributed by atoms with E-state index >= 15 is 0 Å². The van der Waals surface area contributed by atoms with Crippen LogP contribution in [0.25, 0.3) is 0 Å². The summed E-state index contributed by atoms with van der Waals surface area (Å²) in [5.74, 6) is -1.66. The lowest BCUT2D eigenvalue weighted by molar-refractivity contribution is -0.196. The molecule has 0 aliphatic carbocycles. The average molecular weight is 420 g/mol. The summed E-state index contributed by atoms with van der Waals surface area (Å²) in [5, 5.41) is 20.3. The Balaban J connectivity index is 1.82. The molecule has 0 spiro atoms. The van der Waals surface area contributed by atoms with Crippen LogP contribution in [0.1, 0.15) is 17.0 Å². The fourth-order valence-corrected chi connectivity index (χ4v) is 5.53. The molecule has 1 aliphatic heterocycles. The van der Waals surface area contributed by atoms with Gasteiger partial charge in [-0.1, -0.05) is 29.8 Å². The zero-order valence-corrected chi connectivity index (χ0v) is 16.1. The molecule has 1 aliphatic rings. The van der Waals surface area contributed by atoms with Crippen molar-refractivity contribution in [2.45, 2.75) is 12.4 Å². The summed E-state index contributed by atoms with van der Waals surface area (Å²) in [6.45, 7) is 0.185. The van der Waals surface area contributed by atoms with E-state index in [0.29, 0.717) is 17.0 Å². The monoisotopic (exact) mass is 419 g/mol. The smallest absolute Gasteiger partial charge is 0.280 e. The minimum absolute atomic E-state index is 0.0197. The predicted octanol–water partition coefficient (Wildman–Crippen LogP) is 4.40. The molecule has 28 heavy (non-hydrogen) atoms. The van der Waals surface area contributed by atoms with Crippen LogP contribution >= 0.6 is 19.5 Å². The molecule has 2 atom stereocenters. The van der Waals surface area contributed by atoms with E-state index in [-0.39, 0.29) is 17.3 Å². The van der Waals surface area contributed by atoms with E-state index in [1.807, 2.05) is 12.1 Å². The maximum Gasteiger partial charge on any atom is 0.280 e. The number of rotatable bonds is 3. The van der Waals surface area contributed by atoms with E-state index in [1.54, 1.807) is 12.1 Å². The van der Waals surface area contributed by atoms with Gasteiger partial charge >= 0.3 is 0 Å². The number of hydrogen-bond acceptors (Lipinski definition) is 5. The van der Waals surface area contributed by atoms with Crippen molar-refractivity contribution >= 4 is 25.2 Å². The van der Waals surface area contributed by atoms with E-state index in [0.717, 1.165) is 5.56 Å². The summed E-state index contributed by atoms with van der Waals surface area (Å²) in [6.07, 6.45) is 0. The molecular formula is C20H16ClFNO4P. The van der Waals surface area contributed by atoms with Crippen molar-refractivity contribution in [3.8, 4) is 11.5 Å². The zero-order valence-electron chi connectivity index (χ0n) is 14.5. The molecule has 1 heterocycles. The van der Waals surface area contributed by atoms with E-state index < -0.39 is 19.5 Å². The van der Waals surface area contributed by atoms with Crippen LogP contribution in [0.2, 0.25) is 5.02 Å². The van der Waals surface area contributed by atoms with Crippen LogP contribution in [0.4, 0.5) is 10.1 Å². The van der Waals surface area contributed by atoms with Gasteiger partial charge in [-0.05, 0) is 48.5 Å². The van der Waals surface area contributed by atoms with Crippen molar-refractivity contribution in [2.75, 3.05) is 4.67 Å². The van der Waals surface area contributed by atoms with Gasteiger partial charge < -0.3 is 19.6 Å². The highest BCUT2D eigenvalue weighted by Gasteiger charge is 2.50. The molecule has 0 saturated carbocycles. The highest BCUT2D eigenvalue weighted by atomic mass is 35.5. The number of fused-ring (bicyclic) bond motifs is 1. The molecule has 2 N–H and O–H groups in total. The number of nitrogens with zero attached hydrogens (tertiary/aromatic N) is 1. The molecule has 0 fully saturated rings. The van der Waals surface area contributed by atoms with Gasteiger partial charge in [0.25, 0.3) is 7.87 Å². The number of aliphatic hydroxyl groups is 1. The minimum atomic E-state index is -3.91. The topological polar surface area (TPSA) is 76.0 Å². The molecule has 0 aromatic heterocycles. The first-order valence-corrected chi connectivity index (χ1v) is 10.5. The summed E-state index contributed by atoms with van der Waals surface area (Å²) in [4.78, 5) is 14.0. The molecule has 4 rings (SSSR count). The van der Waals surface area contributed by atoms with E-state index in [2.05, 4.69) is 0 Å². The normalized spacial score (nSPS) is 19.6. The van der Waals surface area contributed by atoms with Crippen LogP contribution in [-0.4, -0.2) is 10.2 Å². The van der Waals surface area contributed by atoms with Crippen molar-refractivity contribution in [1.29, 1.82) is 0 Å². The zero-order chi connectivity index (χ0) is 19.9. The third-order valence-electron chi connectivity index (χ3n) is 4.56. The van der Waals surface area contributed by atoms with Crippen LogP contribution in [0.5, 0.6) is 11.5 Å². The lowest BCUT2D eigenvalue weighted by Gasteiger charge is -2.44. The maximum absolute atomic E-state index is 14.0. The average Bonchev–Trinajstić information content (AvgIpc) is 2.69. The summed E-state index contributed by atoms with van der Waals surface area (Å²) < 4.78 is 20.9. The summed E-state index contributed by atoms with van der Waals surface area (Å²) in [5.41, 5.74) is 1.45. The van der Waals surface area contributed by atoms with Crippen molar-refractivity contribution in [3.05, 3.63) is 88.7 Å². The predicted molar refractivity (Wildman–Crippen MR) is 105 cm³/mol. The molecule has 3 aromatic carbocycles. The Morgan fingerprint density at radius 2 is 1.82 bits per heavy atom. The summed E-state index contributed by atoms with van der Waals surface area (Å²) >= 11 is 5.92. The Kier molecular flexibility index (Phi) is 4.89. The highest BCUT2D eigenvalue weighted by molar-refractivity contribution is 7.66. The van der Waals surface area contributed by atoms with Gasteiger partial charge in [-0.3, -0.25) is 0 Å². The molecule has 8 heteroatoms. The van der Waals surface area contributed by atoms with Crippen molar-refractivity contribution in [1.82, 2.24) is 0 Å². The van der Waals surface area contributed by atoms with Gasteiger partial charge in [-0.15, -0.1) is 0 Å². The third-order valence-corrected chi connectivity index (χ3v) is 7.27. The molecule has 3 aromatic rings. The van der Waals surface area contributed by atoms with E-state index in [1.165, 1.54) is 47.1 Å². The maximum atomic E-state index is 14.0. The Bertz CT molecular complexity index is 1020. The molecule has 0 radical (unpaired) electrons. The molecule has 2 unspecified atom stereocenters. The fraction of sp³-hybridized carbons (Fsp3) is 0.100. The number of halogens is 2. The van der Waals surface area contributed by atoms with Gasteiger partial charge in [0.15, 0.2) is 5.75 Å². The SMILES string of the molecule is [O-][P+]1(C(O)c2ccc(O)cc2)Oc2ccccc2CN1c1ccc(F)c(Cl)c1. The number of aromatic hydroxyl groups is 1. The molecule has 144 valence electrons.